The highest BCUT2D eigenvalue weighted by atomic mass is 35.5. The third-order valence-electron chi connectivity index (χ3n) is 5.03. The molecular weight excluding hydrogens is 236 g/mol. The van der Waals surface area contributed by atoms with Crippen LogP contribution in [0.4, 0.5) is 0 Å². The molecule has 0 aliphatic heterocycles. The van der Waals surface area contributed by atoms with Crippen molar-refractivity contribution in [1.29, 1.82) is 0 Å². The van der Waals surface area contributed by atoms with Crippen LogP contribution in [0.15, 0.2) is 5.16 Å². The van der Waals surface area contributed by atoms with Crippen molar-refractivity contribution in [3.8, 4) is 0 Å². The lowest BCUT2D eigenvalue weighted by Gasteiger charge is -2.63. The first-order valence-corrected chi connectivity index (χ1v) is 6.26. The van der Waals surface area contributed by atoms with Crippen LogP contribution in [0.1, 0.15) is 27.2 Å². The maximum absolute atomic E-state index is 9.22. The van der Waals surface area contributed by atoms with Gasteiger partial charge >= 0.3 is 0 Å². The summed E-state index contributed by atoms with van der Waals surface area (Å²) >= 11 is 0. The second-order valence-corrected chi connectivity index (χ2v) is 6.45. The zero-order chi connectivity index (χ0) is 12.1. The predicted molar refractivity (Wildman–Crippen MR) is 73.1 cm³/mol. The fourth-order valence-electron chi connectivity index (χ4n) is 4.06. The fraction of sp³-hybridized carbons (Fsp3) is 0.923. The zero-order valence-corrected chi connectivity index (χ0v) is 12.3. The molecule has 0 amide bonds. The van der Waals surface area contributed by atoms with Gasteiger partial charge in [-0.05, 0) is 37.8 Å². The zero-order valence-electron chi connectivity index (χ0n) is 11.5. The third-order valence-corrected chi connectivity index (χ3v) is 5.03. The van der Waals surface area contributed by atoms with Gasteiger partial charge in [0.1, 0.15) is 0 Å². The second kappa shape index (κ2) is 4.77. The summed E-state index contributed by atoms with van der Waals surface area (Å²) in [5, 5.41) is 12.8. The van der Waals surface area contributed by atoms with Gasteiger partial charge in [0.25, 0.3) is 0 Å². The third kappa shape index (κ3) is 2.08. The summed E-state index contributed by atoms with van der Waals surface area (Å²) in [5.74, 6) is 2.29. The molecule has 4 unspecified atom stereocenters. The Morgan fingerprint density at radius 2 is 1.94 bits per heavy atom. The lowest BCUT2D eigenvalue weighted by molar-refractivity contribution is -0.0855. The Balaban J connectivity index is 0.00000144. The van der Waals surface area contributed by atoms with Crippen molar-refractivity contribution >= 4 is 18.1 Å². The van der Waals surface area contributed by atoms with Gasteiger partial charge in [0.2, 0.25) is 0 Å². The Morgan fingerprint density at radius 1 is 1.35 bits per heavy atom. The van der Waals surface area contributed by atoms with E-state index in [-0.39, 0.29) is 12.4 Å². The van der Waals surface area contributed by atoms with E-state index in [0.29, 0.717) is 29.1 Å². The van der Waals surface area contributed by atoms with E-state index in [9.17, 15) is 5.21 Å². The largest absolute Gasteiger partial charge is 0.411 e. The number of oxime groups is 1. The first-order chi connectivity index (χ1) is 7.39. The quantitative estimate of drug-likeness (QED) is 0.612. The highest BCUT2D eigenvalue weighted by Crippen LogP contribution is 2.62. The molecule has 0 spiro atoms. The molecule has 3 nitrogen and oxygen atoms in total. The van der Waals surface area contributed by atoms with E-state index < -0.39 is 0 Å². The number of rotatable bonds is 2. The van der Waals surface area contributed by atoms with Gasteiger partial charge in [0.05, 0.1) is 5.71 Å². The van der Waals surface area contributed by atoms with E-state index in [1.54, 1.807) is 0 Å². The predicted octanol–water partition coefficient (Wildman–Crippen LogP) is 2.73. The maximum atomic E-state index is 9.22. The number of fused-ring (bicyclic) bond motifs is 2. The van der Waals surface area contributed by atoms with Crippen molar-refractivity contribution in [1.82, 2.24) is 4.90 Å². The highest BCUT2D eigenvalue weighted by Gasteiger charge is 2.59. The van der Waals surface area contributed by atoms with Crippen LogP contribution in [-0.4, -0.2) is 36.5 Å². The van der Waals surface area contributed by atoms with Gasteiger partial charge in [-0.2, -0.15) is 0 Å². The van der Waals surface area contributed by atoms with E-state index in [1.807, 2.05) is 0 Å². The number of hydrogen-bond donors (Lipinski definition) is 1. The van der Waals surface area contributed by atoms with Gasteiger partial charge in [0, 0.05) is 18.4 Å². The summed E-state index contributed by atoms with van der Waals surface area (Å²) < 4.78 is 0. The molecule has 3 aliphatic rings. The summed E-state index contributed by atoms with van der Waals surface area (Å²) in [6.45, 7) is 7.97. The molecule has 0 saturated heterocycles. The lowest BCUT2D eigenvalue weighted by Crippen LogP contribution is -2.61. The average Bonchev–Trinajstić information content (AvgIpc) is 2.15. The summed E-state index contributed by atoms with van der Waals surface area (Å²) in [6, 6.07) is 0. The molecule has 100 valence electrons. The Labute approximate surface area is 111 Å². The van der Waals surface area contributed by atoms with E-state index >= 15 is 0 Å². The number of hydrogen-bond acceptors (Lipinski definition) is 3. The molecule has 4 atom stereocenters. The molecule has 0 heterocycles. The molecule has 4 heteroatoms. The van der Waals surface area contributed by atoms with Crippen LogP contribution < -0.4 is 0 Å². The summed E-state index contributed by atoms with van der Waals surface area (Å²) in [6.07, 6.45) is 1.31. The normalized spacial score (nSPS) is 40.9. The maximum Gasteiger partial charge on any atom is 0.0648 e. The molecule has 1 N–H and O–H groups in total. The lowest BCUT2D eigenvalue weighted by atomic mass is 9.42. The molecule has 0 radical (unpaired) electrons. The van der Waals surface area contributed by atoms with Gasteiger partial charge in [-0.25, -0.2) is 0 Å². The van der Waals surface area contributed by atoms with E-state index in [0.717, 1.165) is 12.3 Å². The smallest absolute Gasteiger partial charge is 0.0648 e. The summed E-state index contributed by atoms with van der Waals surface area (Å²) in [7, 11) is 4.19. The summed E-state index contributed by atoms with van der Waals surface area (Å²) in [4.78, 5) is 2.21. The van der Waals surface area contributed by atoms with Crippen LogP contribution >= 0.6 is 12.4 Å². The molecule has 3 aliphatic carbocycles. The SMILES string of the molecule is CC1/C(=N\O)C(CN(C)C)C2CC1C2(C)C.Cl. The molecule has 17 heavy (non-hydrogen) atoms. The van der Waals surface area contributed by atoms with Gasteiger partial charge in [-0.1, -0.05) is 25.9 Å². The van der Waals surface area contributed by atoms with Crippen molar-refractivity contribution in [2.24, 2.45) is 34.2 Å². The minimum atomic E-state index is 0. The fourth-order valence-corrected chi connectivity index (χ4v) is 4.06. The standard InChI is InChI=1S/C13H24N2O.ClH/c1-8-10-6-11(13(10,2)3)9(7-15(4)5)12(8)14-16;/h8-11,16H,6-7H2,1-5H3;1H/b14-12+;. The second-order valence-electron chi connectivity index (χ2n) is 6.45. The van der Waals surface area contributed by atoms with Crippen molar-refractivity contribution in [3.63, 3.8) is 0 Å². The minimum absolute atomic E-state index is 0. The molecular formula is C13H25ClN2O. The Hall–Kier alpha value is -0.280. The topological polar surface area (TPSA) is 35.8 Å². The van der Waals surface area contributed by atoms with Crippen LogP contribution in [0.3, 0.4) is 0 Å². The van der Waals surface area contributed by atoms with Crippen LogP contribution in [0, 0.1) is 29.1 Å². The van der Waals surface area contributed by atoms with Gasteiger partial charge < -0.3 is 10.1 Å². The molecule has 3 fully saturated rings. The van der Waals surface area contributed by atoms with E-state index in [4.69, 9.17) is 0 Å². The van der Waals surface area contributed by atoms with Crippen LogP contribution in [-0.2, 0) is 0 Å². The monoisotopic (exact) mass is 260 g/mol. The Morgan fingerprint density at radius 3 is 2.35 bits per heavy atom. The Kier molecular flexibility index (Phi) is 4.15. The van der Waals surface area contributed by atoms with E-state index in [1.165, 1.54) is 6.42 Å². The number of halogens is 1. The van der Waals surface area contributed by atoms with Gasteiger partial charge in [-0.3, -0.25) is 0 Å². The van der Waals surface area contributed by atoms with Crippen LogP contribution in [0.5, 0.6) is 0 Å². The van der Waals surface area contributed by atoms with Crippen LogP contribution in [0.2, 0.25) is 0 Å². The van der Waals surface area contributed by atoms with Gasteiger partial charge in [0.15, 0.2) is 0 Å². The highest BCUT2D eigenvalue weighted by molar-refractivity contribution is 5.91. The van der Waals surface area contributed by atoms with Crippen molar-refractivity contribution < 1.29 is 5.21 Å². The van der Waals surface area contributed by atoms with Crippen molar-refractivity contribution in [3.05, 3.63) is 0 Å². The number of nitrogens with zero attached hydrogens (tertiary/aromatic N) is 2. The van der Waals surface area contributed by atoms with Crippen molar-refractivity contribution in [2.75, 3.05) is 20.6 Å². The molecule has 0 aromatic carbocycles. The molecule has 2 bridgehead atoms. The van der Waals surface area contributed by atoms with Crippen LogP contribution in [0.25, 0.3) is 0 Å². The summed E-state index contributed by atoms with van der Waals surface area (Å²) in [5.41, 5.74) is 1.46. The molecule has 3 saturated carbocycles. The average molecular weight is 261 g/mol. The van der Waals surface area contributed by atoms with Crippen molar-refractivity contribution in [2.45, 2.75) is 27.2 Å². The molecule has 3 rings (SSSR count). The first-order valence-electron chi connectivity index (χ1n) is 6.26. The minimum Gasteiger partial charge on any atom is -0.411 e. The van der Waals surface area contributed by atoms with E-state index in [2.05, 4.69) is 44.9 Å². The Bertz CT molecular complexity index is 315. The first kappa shape index (κ1) is 14.8. The molecule has 0 aromatic heterocycles. The molecule has 0 aromatic rings. The van der Waals surface area contributed by atoms with Gasteiger partial charge in [-0.15, -0.1) is 12.4 Å².